The van der Waals surface area contributed by atoms with Crippen LogP contribution >= 0.6 is 0 Å². The van der Waals surface area contributed by atoms with Gasteiger partial charge in [0.25, 0.3) is 5.91 Å². The van der Waals surface area contributed by atoms with Crippen molar-refractivity contribution in [3.05, 3.63) is 35.9 Å². The smallest absolute Gasteiger partial charge is 0.250 e. The molecule has 5 N–H and O–H groups in total. The monoisotopic (exact) mass is 246 g/mol. The van der Waals surface area contributed by atoms with Crippen molar-refractivity contribution >= 4 is 17.3 Å². The van der Waals surface area contributed by atoms with Crippen molar-refractivity contribution < 1.29 is 4.79 Å². The molecule has 7 heteroatoms. The fourth-order valence-electron chi connectivity index (χ4n) is 1.56. The molecule has 18 heavy (non-hydrogen) atoms. The Morgan fingerprint density at radius 2 is 2.28 bits per heavy atom. The first-order valence-electron chi connectivity index (χ1n) is 5.34. The van der Waals surface area contributed by atoms with E-state index in [2.05, 4.69) is 15.4 Å². The van der Waals surface area contributed by atoms with E-state index >= 15 is 0 Å². The number of aromatic nitrogens is 3. The van der Waals surface area contributed by atoms with Crippen LogP contribution in [-0.2, 0) is 13.6 Å². The third-order valence-corrected chi connectivity index (χ3v) is 2.39. The van der Waals surface area contributed by atoms with Gasteiger partial charge in [0.2, 0.25) is 0 Å². The second kappa shape index (κ2) is 4.74. The molecule has 0 saturated carbocycles. The molecule has 0 unspecified atom stereocenters. The maximum atomic E-state index is 11.3. The Morgan fingerprint density at radius 3 is 2.89 bits per heavy atom. The molecule has 7 nitrogen and oxygen atoms in total. The summed E-state index contributed by atoms with van der Waals surface area (Å²) in [6, 6.07) is 4.87. The Morgan fingerprint density at radius 1 is 1.50 bits per heavy atom. The maximum Gasteiger partial charge on any atom is 0.250 e. The van der Waals surface area contributed by atoms with Gasteiger partial charge in [-0.25, -0.2) is 4.98 Å². The molecule has 0 atom stereocenters. The lowest BCUT2D eigenvalue weighted by Gasteiger charge is -2.09. The standard InChI is InChI=1S/C11H14N6O/c1-17-6-15-10(16-17)5-14-9-4-7(12)2-3-8(9)11(13)18/h2-4,6,14H,5,12H2,1H3,(H2,13,18). The third kappa shape index (κ3) is 2.57. The average molecular weight is 246 g/mol. The number of nitrogens with two attached hydrogens (primary N) is 2. The van der Waals surface area contributed by atoms with Gasteiger partial charge in [-0.2, -0.15) is 5.10 Å². The zero-order valence-electron chi connectivity index (χ0n) is 9.92. The predicted molar refractivity (Wildman–Crippen MR) is 67.7 cm³/mol. The van der Waals surface area contributed by atoms with Crippen LogP contribution in [-0.4, -0.2) is 20.7 Å². The van der Waals surface area contributed by atoms with Gasteiger partial charge < -0.3 is 16.8 Å². The molecule has 0 radical (unpaired) electrons. The topological polar surface area (TPSA) is 112 Å². The molecule has 0 aliphatic heterocycles. The van der Waals surface area contributed by atoms with Crippen LogP contribution in [0.5, 0.6) is 0 Å². The molecule has 1 heterocycles. The van der Waals surface area contributed by atoms with Crippen LogP contribution in [0.1, 0.15) is 16.2 Å². The minimum absolute atomic E-state index is 0.389. The van der Waals surface area contributed by atoms with Crippen LogP contribution in [0.25, 0.3) is 0 Å². The van der Waals surface area contributed by atoms with Crippen LogP contribution in [0.3, 0.4) is 0 Å². The number of anilines is 2. The lowest BCUT2D eigenvalue weighted by atomic mass is 10.1. The highest BCUT2D eigenvalue weighted by molar-refractivity contribution is 5.99. The molecule has 0 spiro atoms. The Hall–Kier alpha value is -2.57. The summed E-state index contributed by atoms with van der Waals surface area (Å²) in [4.78, 5) is 15.3. The fourth-order valence-corrected chi connectivity index (χ4v) is 1.56. The molecule has 0 saturated heterocycles. The van der Waals surface area contributed by atoms with Gasteiger partial charge in [0, 0.05) is 18.4 Å². The number of nitrogens with one attached hydrogen (secondary N) is 1. The highest BCUT2D eigenvalue weighted by atomic mass is 16.1. The van der Waals surface area contributed by atoms with Crippen LogP contribution in [0.4, 0.5) is 11.4 Å². The summed E-state index contributed by atoms with van der Waals surface area (Å²) in [7, 11) is 1.78. The number of carbonyl (C=O) groups is 1. The summed E-state index contributed by atoms with van der Waals surface area (Å²) in [5.41, 5.74) is 12.5. The normalized spacial score (nSPS) is 10.3. The predicted octanol–water partition coefficient (Wildman–Crippen LogP) is 0.108. The second-order valence-corrected chi connectivity index (χ2v) is 3.86. The molecule has 1 aromatic heterocycles. The summed E-state index contributed by atoms with van der Waals surface area (Å²) < 4.78 is 1.60. The number of carbonyl (C=O) groups excluding carboxylic acids is 1. The SMILES string of the molecule is Cn1cnc(CNc2cc(N)ccc2C(N)=O)n1. The summed E-state index contributed by atoms with van der Waals surface area (Å²) >= 11 is 0. The number of primary amides is 1. The molecule has 2 rings (SSSR count). The van der Waals surface area contributed by atoms with Crippen LogP contribution in [0.15, 0.2) is 24.5 Å². The molecule has 0 bridgehead atoms. The minimum atomic E-state index is -0.508. The molecular weight excluding hydrogens is 232 g/mol. The molecular formula is C11H14N6O. The van der Waals surface area contributed by atoms with Crippen molar-refractivity contribution in [2.24, 2.45) is 12.8 Å². The van der Waals surface area contributed by atoms with E-state index in [1.165, 1.54) is 0 Å². The summed E-state index contributed by atoms with van der Waals surface area (Å²) in [6.07, 6.45) is 1.60. The van der Waals surface area contributed by atoms with E-state index in [1.54, 1.807) is 36.3 Å². The van der Waals surface area contributed by atoms with Crippen molar-refractivity contribution in [1.82, 2.24) is 14.8 Å². The Kier molecular flexibility index (Phi) is 3.13. The minimum Gasteiger partial charge on any atom is -0.399 e. The van der Waals surface area contributed by atoms with E-state index in [0.29, 0.717) is 29.3 Å². The largest absolute Gasteiger partial charge is 0.399 e. The number of hydrogen-bond acceptors (Lipinski definition) is 5. The van der Waals surface area contributed by atoms with Gasteiger partial charge in [0.05, 0.1) is 12.1 Å². The molecule has 0 aliphatic carbocycles. The molecule has 2 aromatic rings. The lowest BCUT2D eigenvalue weighted by molar-refractivity contribution is 0.100. The van der Waals surface area contributed by atoms with E-state index < -0.39 is 5.91 Å². The number of hydrogen-bond donors (Lipinski definition) is 3. The maximum absolute atomic E-state index is 11.3. The first kappa shape index (κ1) is 11.9. The van der Waals surface area contributed by atoms with E-state index in [-0.39, 0.29) is 0 Å². The highest BCUT2D eigenvalue weighted by Crippen LogP contribution is 2.19. The molecule has 0 fully saturated rings. The number of rotatable bonds is 4. The number of aryl methyl sites for hydroxylation is 1. The number of nitrogens with zero attached hydrogens (tertiary/aromatic N) is 3. The average Bonchev–Trinajstić information content (AvgIpc) is 2.72. The van der Waals surface area contributed by atoms with Crippen LogP contribution in [0.2, 0.25) is 0 Å². The second-order valence-electron chi connectivity index (χ2n) is 3.86. The van der Waals surface area contributed by atoms with Gasteiger partial charge in [0.1, 0.15) is 6.33 Å². The Labute approximate surface area is 104 Å². The summed E-state index contributed by atoms with van der Waals surface area (Å²) in [5.74, 6) is 0.113. The summed E-state index contributed by atoms with van der Waals surface area (Å²) in [5, 5.41) is 7.16. The Bertz CT molecular complexity index is 577. The van der Waals surface area contributed by atoms with Crippen LogP contribution in [0, 0.1) is 0 Å². The Balaban J connectivity index is 2.17. The van der Waals surface area contributed by atoms with E-state index in [0.717, 1.165) is 0 Å². The van der Waals surface area contributed by atoms with Gasteiger partial charge in [-0.3, -0.25) is 9.48 Å². The van der Waals surface area contributed by atoms with E-state index in [1.807, 2.05) is 0 Å². The fraction of sp³-hybridized carbons (Fsp3) is 0.182. The van der Waals surface area contributed by atoms with Crippen molar-refractivity contribution in [3.63, 3.8) is 0 Å². The van der Waals surface area contributed by atoms with Gasteiger partial charge >= 0.3 is 0 Å². The first-order chi connectivity index (χ1) is 8.56. The van der Waals surface area contributed by atoms with Gasteiger partial charge in [-0.15, -0.1) is 0 Å². The third-order valence-electron chi connectivity index (χ3n) is 2.39. The first-order valence-corrected chi connectivity index (χ1v) is 5.34. The summed E-state index contributed by atoms with van der Waals surface area (Å²) in [6.45, 7) is 0.393. The highest BCUT2D eigenvalue weighted by Gasteiger charge is 2.09. The molecule has 0 aliphatic rings. The van der Waals surface area contributed by atoms with Gasteiger partial charge in [-0.05, 0) is 18.2 Å². The molecule has 94 valence electrons. The number of nitrogen functional groups attached to an aromatic ring is 1. The zero-order chi connectivity index (χ0) is 13.1. The quantitative estimate of drug-likeness (QED) is 0.663. The van der Waals surface area contributed by atoms with Crippen molar-refractivity contribution in [2.45, 2.75) is 6.54 Å². The molecule has 1 aromatic carbocycles. The lowest BCUT2D eigenvalue weighted by Crippen LogP contribution is -2.15. The van der Waals surface area contributed by atoms with Crippen molar-refractivity contribution in [1.29, 1.82) is 0 Å². The van der Waals surface area contributed by atoms with Crippen molar-refractivity contribution in [2.75, 3.05) is 11.1 Å². The van der Waals surface area contributed by atoms with Gasteiger partial charge in [-0.1, -0.05) is 0 Å². The van der Waals surface area contributed by atoms with Gasteiger partial charge in [0.15, 0.2) is 5.82 Å². The van der Waals surface area contributed by atoms with E-state index in [9.17, 15) is 4.79 Å². The van der Waals surface area contributed by atoms with Crippen LogP contribution < -0.4 is 16.8 Å². The number of benzene rings is 1. The number of amides is 1. The molecule has 1 amide bonds. The van der Waals surface area contributed by atoms with Crippen molar-refractivity contribution in [3.8, 4) is 0 Å². The van der Waals surface area contributed by atoms with E-state index in [4.69, 9.17) is 11.5 Å². The zero-order valence-corrected chi connectivity index (χ0v) is 9.92.